The second-order valence-corrected chi connectivity index (χ2v) is 8.96. The fraction of sp³-hybridized carbons (Fsp3) is 0.346. The van der Waals surface area contributed by atoms with Crippen molar-refractivity contribution in [1.82, 2.24) is 9.88 Å². The van der Waals surface area contributed by atoms with Crippen LogP contribution in [0.15, 0.2) is 47.3 Å². The summed E-state index contributed by atoms with van der Waals surface area (Å²) in [7, 11) is 0. The number of ether oxygens (including phenoxy) is 1. The third-order valence-corrected chi connectivity index (χ3v) is 6.51. The van der Waals surface area contributed by atoms with Crippen molar-refractivity contribution in [3.05, 3.63) is 75.1 Å². The Morgan fingerprint density at radius 3 is 2.44 bits per heavy atom. The molecule has 34 heavy (non-hydrogen) atoms. The molecular weight excluding hydrogens is 434 g/mol. The Morgan fingerprint density at radius 1 is 1.15 bits per heavy atom. The van der Waals surface area contributed by atoms with E-state index >= 15 is 0 Å². The Labute approximate surface area is 197 Å². The number of rotatable bonds is 5. The molecule has 0 radical (unpaired) electrons. The minimum atomic E-state index is -1.11. The molecule has 4 rings (SSSR count). The first-order valence-corrected chi connectivity index (χ1v) is 11.4. The lowest BCUT2D eigenvalue weighted by atomic mass is 9.89. The van der Waals surface area contributed by atoms with E-state index in [0.29, 0.717) is 37.1 Å². The summed E-state index contributed by atoms with van der Waals surface area (Å²) in [6.07, 6.45) is -0.340. The van der Waals surface area contributed by atoms with Crippen molar-refractivity contribution in [3.63, 3.8) is 0 Å². The van der Waals surface area contributed by atoms with Crippen molar-refractivity contribution in [1.29, 1.82) is 0 Å². The van der Waals surface area contributed by atoms with Crippen LogP contribution in [0.1, 0.15) is 41.0 Å². The highest BCUT2D eigenvalue weighted by atomic mass is 16.6. The number of benzene rings is 2. The first-order valence-electron chi connectivity index (χ1n) is 11.4. The first kappa shape index (κ1) is 23.4. The van der Waals surface area contributed by atoms with Gasteiger partial charge in [-0.15, -0.1) is 0 Å². The quantitative estimate of drug-likeness (QED) is 0.535. The molecule has 2 heterocycles. The average Bonchev–Trinajstić information content (AvgIpc) is 2.81. The lowest BCUT2D eigenvalue weighted by Gasteiger charge is -2.32. The Kier molecular flexibility index (Phi) is 6.58. The fourth-order valence-corrected chi connectivity index (χ4v) is 4.61. The number of H-pyrrole nitrogens is 1. The number of aryl methyl sites for hydroxylation is 2. The van der Waals surface area contributed by atoms with Crippen LogP contribution in [-0.2, 0) is 16.0 Å². The number of aromatic amines is 1. The number of likely N-dealkylation sites (tertiary alicyclic amines) is 1. The predicted molar refractivity (Wildman–Crippen MR) is 129 cm³/mol. The van der Waals surface area contributed by atoms with Gasteiger partial charge in [0.05, 0.1) is 0 Å². The first-order chi connectivity index (χ1) is 16.2. The van der Waals surface area contributed by atoms with E-state index in [1.165, 1.54) is 0 Å². The number of phenolic OH excluding ortho intramolecular Hbond substituents is 1. The molecule has 1 aliphatic rings. The van der Waals surface area contributed by atoms with Gasteiger partial charge in [-0.3, -0.25) is 9.59 Å². The second kappa shape index (κ2) is 9.59. The van der Waals surface area contributed by atoms with Crippen molar-refractivity contribution in [2.24, 2.45) is 5.73 Å². The molecule has 0 aliphatic carbocycles. The van der Waals surface area contributed by atoms with Crippen LogP contribution in [0.5, 0.6) is 5.75 Å². The van der Waals surface area contributed by atoms with Gasteiger partial charge in [-0.25, -0.2) is 4.79 Å². The number of carbonyl (C=O) groups is 2. The maximum absolute atomic E-state index is 12.8. The van der Waals surface area contributed by atoms with Gasteiger partial charge in [-0.2, -0.15) is 0 Å². The van der Waals surface area contributed by atoms with Gasteiger partial charge in [-0.05, 0) is 66.8 Å². The number of phenols is 1. The number of carbonyl (C=O) groups excluding carboxylic acids is 2. The van der Waals surface area contributed by atoms with E-state index in [-0.39, 0.29) is 23.6 Å². The van der Waals surface area contributed by atoms with Crippen molar-refractivity contribution in [3.8, 4) is 5.75 Å². The summed E-state index contributed by atoms with van der Waals surface area (Å²) in [6, 6.07) is 13.1. The lowest BCUT2D eigenvalue weighted by molar-refractivity contribution is -0.126. The van der Waals surface area contributed by atoms with Gasteiger partial charge >= 0.3 is 6.09 Å². The van der Waals surface area contributed by atoms with Gasteiger partial charge in [-0.1, -0.05) is 30.3 Å². The van der Waals surface area contributed by atoms with Crippen LogP contribution in [-0.4, -0.2) is 46.2 Å². The Bertz CT molecular complexity index is 1270. The van der Waals surface area contributed by atoms with Crippen molar-refractivity contribution in [2.45, 2.75) is 45.1 Å². The SMILES string of the molecule is Cc1cc(C[C@@H](OC(=O)N2CCC(c3cc4ccccc4[nH]c3=O)CC2)C(N)=O)cc(C)c1O. The zero-order valence-electron chi connectivity index (χ0n) is 19.3. The van der Waals surface area contributed by atoms with Crippen molar-refractivity contribution < 1.29 is 19.4 Å². The number of pyridine rings is 1. The van der Waals surface area contributed by atoms with E-state index in [1.807, 2.05) is 30.3 Å². The van der Waals surface area contributed by atoms with E-state index in [2.05, 4.69) is 4.98 Å². The molecule has 1 aromatic heterocycles. The molecule has 1 fully saturated rings. The van der Waals surface area contributed by atoms with Gasteiger partial charge in [0, 0.05) is 30.6 Å². The number of fused-ring (bicyclic) bond motifs is 1. The molecule has 178 valence electrons. The Hall–Kier alpha value is -3.81. The summed E-state index contributed by atoms with van der Waals surface area (Å²) in [5.41, 5.74) is 9.03. The van der Waals surface area contributed by atoms with Gasteiger partial charge in [0.2, 0.25) is 0 Å². The summed E-state index contributed by atoms with van der Waals surface area (Å²) >= 11 is 0. The third kappa shape index (κ3) is 4.90. The molecule has 0 saturated carbocycles. The lowest BCUT2D eigenvalue weighted by Crippen LogP contribution is -2.43. The molecule has 0 spiro atoms. The van der Waals surface area contributed by atoms with Crippen LogP contribution in [0.2, 0.25) is 0 Å². The number of hydrogen-bond acceptors (Lipinski definition) is 5. The number of nitrogens with zero attached hydrogens (tertiary/aromatic N) is 1. The Morgan fingerprint density at radius 2 is 1.79 bits per heavy atom. The molecule has 0 bridgehead atoms. The topological polar surface area (TPSA) is 126 Å². The number of hydrogen-bond donors (Lipinski definition) is 3. The van der Waals surface area contributed by atoms with E-state index in [0.717, 1.165) is 22.0 Å². The minimum absolute atomic E-state index is 0.0345. The average molecular weight is 464 g/mol. The van der Waals surface area contributed by atoms with E-state index in [1.54, 1.807) is 30.9 Å². The number of nitrogens with two attached hydrogens (primary N) is 1. The molecule has 2 amide bonds. The molecule has 1 aliphatic heterocycles. The van der Waals surface area contributed by atoms with E-state index < -0.39 is 18.1 Å². The smallest absolute Gasteiger partial charge is 0.410 e. The highest BCUT2D eigenvalue weighted by molar-refractivity contribution is 5.82. The molecule has 4 N–H and O–H groups in total. The largest absolute Gasteiger partial charge is 0.507 e. The normalized spacial score (nSPS) is 15.3. The summed E-state index contributed by atoms with van der Waals surface area (Å²) in [5.74, 6) is -0.494. The number of para-hydroxylation sites is 1. The number of aromatic nitrogens is 1. The number of primary amides is 1. The van der Waals surface area contributed by atoms with Crippen LogP contribution >= 0.6 is 0 Å². The molecular formula is C26H29N3O5. The van der Waals surface area contributed by atoms with Crippen molar-refractivity contribution >= 4 is 22.9 Å². The minimum Gasteiger partial charge on any atom is -0.507 e. The standard InChI is InChI=1S/C26H29N3O5/c1-15-11-17(12-16(2)23(15)30)13-22(24(27)31)34-26(33)29-9-7-18(8-10-29)20-14-19-5-3-4-6-21(19)28-25(20)32/h3-6,11-12,14,18,22,30H,7-10,13H2,1-2H3,(H2,27,31)(H,28,32)/t22-/m1/s1. The van der Waals surface area contributed by atoms with Crippen LogP contribution < -0.4 is 11.3 Å². The van der Waals surface area contributed by atoms with Crippen LogP contribution in [0.25, 0.3) is 10.9 Å². The monoisotopic (exact) mass is 463 g/mol. The van der Waals surface area contributed by atoms with Gasteiger partial charge in [0.1, 0.15) is 5.75 Å². The number of aromatic hydroxyl groups is 1. The van der Waals surface area contributed by atoms with Crippen molar-refractivity contribution in [2.75, 3.05) is 13.1 Å². The number of amides is 2. The maximum Gasteiger partial charge on any atom is 0.410 e. The molecule has 8 heteroatoms. The van der Waals surface area contributed by atoms with Crippen LogP contribution in [0.4, 0.5) is 4.79 Å². The third-order valence-electron chi connectivity index (χ3n) is 6.51. The molecule has 8 nitrogen and oxygen atoms in total. The van der Waals surface area contributed by atoms with E-state index in [4.69, 9.17) is 10.5 Å². The second-order valence-electron chi connectivity index (χ2n) is 8.96. The van der Waals surface area contributed by atoms with Gasteiger partial charge in [0.25, 0.3) is 11.5 Å². The maximum atomic E-state index is 12.8. The molecule has 2 aromatic carbocycles. The predicted octanol–water partition coefficient (Wildman–Crippen LogP) is 3.26. The molecule has 3 aromatic rings. The van der Waals surface area contributed by atoms with Gasteiger partial charge in [0.15, 0.2) is 6.10 Å². The molecule has 1 atom stereocenters. The highest BCUT2D eigenvalue weighted by Crippen LogP contribution is 2.28. The van der Waals surface area contributed by atoms with Crippen LogP contribution in [0.3, 0.4) is 0 Å². The number of piperidine rings is 1. The van der Waals surface area contributed by atoms with Gasteiger partial charge < -0.3 is 25.5 Å². The molecule has 0 unspecified atom stereocenters. The summed E-state index contributed by atoms with van der Waals surface area (Å²) in [6.45, 7) is 4.36. The molecule has 1 saturated heterocycles. The van der Waals surface area contributed by atoms with E-state index in [9.17, 15) is 19.5 Å². The fourth-order valence-electron chi connectivity index (χ4n) is 4.61. The van der Waals surface area contributed by atoms with Crippen LogP contribution in [0, 0.1) is 13.8 Å². The summed E-state index contributed by atoms with van der Waals surface area (Å²) in [4.78, 5) is 41.8. The Balaban J connectivity index is 1.40. The summed E-state index contributed by atoms with van der Waals surface area (Å²) < 4.78 is 5.47. The summed E-state index contributed by atoms with van der Waals surface area (Å²) in [5, 5.41) is 10.9. The number of nitrogens with one attached hydrogen (secondary N) is 1. The zero-order valence-corrected chi connectivity index (χ0v) is 19.3. The highest BCUT2D eigenvalue weighted by Gasteiger charge is 2.29. The zero-order chi connectivity index (χ0) is 24.4.